The highest BCUT2D eigenvalue weighted by atomic mass is 32.2. The van der Waals surface area contributed by atoms with Crippen molar-refractivity contribution in [2.45, 2.75) is 41.2 Å². The molecule has 0 atom stereocenters. The zero-order chi connectivity index (χ0) is 15.1. The summed E-state index contributed by atoms with van der Waals surface area (Å²) in [5.41, 5.74) is -0.140. The molecule has 21 heavy (non-hydrogen) atoms. The molecule has 0 unspecified atom stereocenters. The molecule has 0 spiro atoms. The zero-order valence-corrected chi connectivity index (χ0v) is 12.4. The lowest BCUT2D eigenvalue weighted by molar-refractivity contribution is -0.143. The molecular weight excluding hydrogens is 292 g/mol. The average Bonchev–Trinajstić information content (AvgIpc) is 2.87. The molecule has 114 valence electrons. The molecule has 0 amide bonds. The second-order valence-electron chi connectivity index (χ2n) is 5.82. The lowest BCUT2D eigenvalue weighted by atomic mass is 9.79. The Kier molecular flexibility index (Phi) is 3.53. The van der Waals surface area contributed by atoms with Crippen LogP contribution in [0.15, 0.2) is 29.2 Å². The minimum Gasteiger partial charge on any atom is -0.481 e. The third-order valence-corrected chi connectivity index (χ3v) is 6.73. The summed E-state index contributed by atoms with van der Waals surface area (Å²) >= 11 is 0. The molecule has 2 aliphatic rings. The third kappa shape index (κ3) is 2.26. The summed E-state index contributed by atoms with van der Waals surface area (Å²) in [6.45, 7) is 0.478. The van der Waals surface area contributed by atoms with Gasteiger partial charge < -0.3 is 9.84 Å². The SMILES string of the molecule is O=C(O)C1(c2ccc(S(=O)(=O)C3COC3)cc2)CCCC1. The van der Waals surface area contributed by atoms with Crippen LogP contribution in [0.5, 0.6) is 0 Å². The van der Waals surface area contributed by atoms with Gasteiger partial charge in [-0.25, -0.2) is 8.42 Å². The van der Waals surface area contributed by atoms with Crippen LogP contribution in [0.2, 0.25) is 0 Å². The largest absolute Gasteiger partial charge is 0.481 e. The summed E-state index contributed by atoms with van der Waals surface area (Å²) < 4.78 is 29.5. The van der Waals surface area contributed by atoms with Crippen molar-refractivity contribution in [2.24, 2.45) is 0 Å². The Morgan fingerprint density at radius 2 is 1.71 bits per heavy atom. The van der Waals surface area contributed by atoms with Crippen molar-refractivity contribution in [2.75, 3.05) is 13.2 Å². The van der Waals surface area contributed by atoms with Crippen molar-refractivity contribution in [3.8, 4) is 0 Å². The van der Waals surface area contributed by atoms with Gasteiger partial charge in [-0.2, -0.15) is 0 Å². The number of rotatable bonds is 4. The molecule has 5 nitrogen and oxygen atoms in total. The van der Waals surface area contributed by atoms with Crippen LogP contribution in [0.4, 0.5) is 0 Å². The zero-order valence-electron chi connectivity index (χ0n) is 11.6. The Morgan fingerprint density at radius 1 is 1.14 bits per heavy atom. The van der Waals surface area contributed by atoms with Crippen LogP contribution in [-0.4, -0.2) is 38.0 Å². The highest BCUT2D eigenvalue weighted by molar-refractivity contribution is 7.92. The lowest BCUT2D eigenvalue weighted by Crippen LogP contribution is -2.40. The van der Waals surface area contributed by atoms with E-state index in [9.17, 15) is 18.3 Å². The van der Waals surface area contributed by atoms with Crippen molar-refractivity contribution in [3.63, 3.8) is 0 Å². The summed E-state index contributed by atoms with van der Waals surface area (Å²) in [6.07, 6.45) is 3.02. The highest BCUT2D eigenvalue weighted by Gasteiger charge is 2.43. The van der Waals surface area contributed by atoms with Gasteiger partial charge >= 0.3 is 5.97 Å². The number of aliphatic carboxylic acids is 1. The molecule has 6 heteroatoms. The van der Waals surface area contributed by atoms with Crippen LogP contribution in [0.1, 0.15) is 31.2 Å². The summed E-state index contributed by atoms with van der Waals surface area (Å²) in [6, 6.07) is 6.38. The number of hydrogen-bond acceptors (Lipinski definition) is 4. The van der Waals surface area contributed by atoms with Gasteiger partial charge in [-0.05, 0) is 30.5 Å². The Balaban J connectivity index is 1.92. The summed E-state index contributed by atoms with van der Waals surface area (Å²) in [7, 11) is -3.35. The lowest BCUT2D eigenvalue weighted by Gasteiger charge is -2.27. The Bertz CT molecular complexity index is 637. The van der Waals surface area contributed by atoms with Crippen LogP contribution >= 0.6 is 0 Å². The van der Waals surface area contributed by atoms with Gasteiger partial charge in [-0.1, -0.05) is 25.0 Å². The van der Waals surface area contributed by atoms with Crippen molar-refractivity contribution < 1.29 is 23.1 Å². The van der Waals surface area contributed by atoms with Gasteiger partial charge in [0.15, 0.2) is 9.84 Å². The fraction of sp³-hybridized carbons (Fsp3) is 0.533. The Morgan fingerprint density at radius 3 is 2.14 bits per heavy atom. The van der Waals surface area contributed by atoms with Gasteiger partial charge in [0.05, 0.1) is 23.5 Å². The van der Waals surface area contributed by atoms with E-state index in [0.717, 1.165) is 12.8 Å². The van der Waals surface area contributed by atoms with Gasteiger partial charge in [-0.3, -0.25) is 4.79 Å². The van der Waals surface area contributed by atoms with E-state index in [1.54, 1.807) is 12.1 Å². The number of ether oxygens (including phenoxy) is 1. The maximum Gasteiger partial charge on any atom is 0.314 e. The molecule has 1 aliphatic carbocycles. The average molecular weight is 310 g/mol. The first-order chi connectivity index (χ1) is 9.97. The van der Waals surface area contributed by atoms with Gasteiger partial charge in [-0.15, -0.1) is 0 Å². The van der Waals surface area contributed by atoms with Crippen LogP contribution in [-0.2, 0) is 24.8 Å². The normalized spacial score (nSPS) is 21.9. The van der Waals surface area contributed by atoms with E-state index in [4.69, 9.17) is 4.74 Å². The number of sulfone groups is 1. The number of carboxylic acids is 1. The van der Waals surface area contributed by atoms with E-state index >= 15 is 0 Å². The molecule has 1 N–H and O–H groups in total. The van der Waals surface area contributed by atoms with E-state index < -0.39 is 26.5 Å². The molecule has 1 aromatic rings. The van der Waals surface area contributed by atoms with Crippen LogP contribution in [0.3, 0.4) is 0 Å². The highest BCUT2D eigenvalue weighted by Crippen LogP contribution is 2.41. The predicted octanol–water partition coefficient (Wildman–Crippen LogP) is 1.76. The van der Waals surface area contributed by atoms with E-state index in [0.29, 0.717) is 18.4 Å². The molecule has 0 bridgehead atoms. The second kappa shape index (κ2) is 5.10. The van der Waals surface area contributed by atoms with Gasteiger partial charge in [0.25, 0.3) is 0 Å². The fourth-order valence-electron chi connectivity index (χ4n) is 3.15. The fourth-order valence-corrected chi connectivity index (χ4v) is 4.60. The number of benzene rings is 1. The predicted molar refractivity (Wildman–Crippen MR) is 76.0 cm³/mol. The van der Waals surface area contributed by atoms with Gasteiger partial charge in [0.2, 0.25) is 0 Å². The molecule has 1 saturated carbocycles. The van der Waals surface area contributed by atoms with Crippen molar-refractivity contribution in [1.29, 1.82) is 0 Å². The Labute approximate surface area is 123 Å². The minimum absolute atomic E-state index is 0.239. The van der Waals surface area contributed by atoms with Crippen molar-refractivity contribution in [1.82, 2.24) is 0 Å². The molecule has 1 saturated heterocycles. The molecular formula is C15H18O5S. The third-order valence-electron chi connectivity index (χ3n) is 4.65. The number of carboxylic acid groups (broad SMARTS) is 1. The standard InChI is InChI=1S/C15H18O5S/c16-14(17)15(7-1-2-8-15)11-3-5-12(6-4-11)21(18,19)13-9-20-10-13/h3-6,13H,1-2,7-10H2,(H,16,17). The smallest absolute Gasteiger partial charge is 0.314 e. The topological polar surface area (TPSA) is 80.7 Å². The molecule has 1 heterocycles. The summed E-state index contributed by atoms with van der Waals surface area (Å²) in [5.74, 6) is -0.817. The second-order valence-corrected chi connectivity index (χ2v) is 8.05. The summed E-state index contributed by atoms with van der Waals surface area (Å²) in [4.78, 5) is 11.9. The van der Waals surface area contributed by atoms with Crippen LogP contribution in [0.25, 0.3) is 0 Å². The molecule has 0 aromatic heterocycles. The Hall–Kier alpha value is -1.40. The van der Waals surface area contributed by atoms with Crippen molar-refractivity contribution >= 4 is 15.8 Å². The molecule has 1 aliphatic heterocycles. The van der Waals surface area contributed by atoms with Crippen LogP contribution in [0, 0.1) is 0 Å². The van der Waals surface area contributed by atoms with Crippen molar-refractivity contribution in [3.05, 3.63) is 29.8 Å². The molecule has 2 fully saturated rings. The van der Waals surface area contributed by atoms with E-state index in [2.05, 4.69) is 0 Å². The van der Waals surface area contributed by atoms with Gasteiger partial charge in [0.1, 0.15) is 5.25 Å². The molecule has 0 radical (unpaired) electrons. The minimum atomic E-state index is -3.35. The van der Waals surface area contributed by atoms with E-state index in [1.807, 2.05) is 0 Å². The van der Waals surface area contributed by atoms with Crippen LogP contribution < -0.4 is 0 Å². The number of hydrogen-bond donors (Lipinski definition) is 1. The van der Waals surface area contributed by atoms with E-state index in [1.165, 1.54) is 12.1 Å². The first kappa shape index (κ1) is 14.5. The quantitative estimate of drug-likeness (QED) is 0.916. The van der Waals surface area contributed by atoms with Gasteiger partial charge in [0, 0.05) is 0 Å². The molecule has 3 rings (SSSR count). The first-order valence-corrected chi connectivity index (χ1v) is 8.67. The number of carbonyl (C=O) groups is 1. The summed E-state index contributed by atoms with van der Waals surface area (Å²) in [5, 5.41) is 9.08. The maximum absolute atomic E-state index is 12.3. The molecule has 1 aromatic carbocycles. The maximum atomic E-state index is 12.3. The van der Waals surface area contributed by atoms with E-state index in [-0.39, 0.29) is 18.1 Å². The first-order valence-electron chi connectivity index (χ1n) is 7.12. The monoisotopic (exact) mass is 310 g/mol.